The summed E-state index contributed by atoms with van der Waals surface area (Å²) in [6, 6.07) is 75.0. The molecule has 10 aromatic rings. The summed E-state index contributed by atoms with van der Waals surface area (Å²) in [4.78, 5) is 5.07. The summed E-state index contributed by atoms with van der Waals surface area (Å²) in [6.45, 7) is 0. The van der Waals surface area contributed by atoms with Crippen LogP contribution in [-0.4, -0.2) is 14.8 Å². The van der Waals surface area contributed by atoms with E-state index in [1.54, 1.807) is 0 Å². The Labute approximate surface area is 320 Å². The fraction of sp³-hybridized carbons (Fsp3) is 0. The van der Waals surface area contributed by atoms with Crippen LogP contribution in [0.1, 0.15) is 0 Å². The molecule has 10 rings (SSSR count). The number of aromatic nitrogens is 3. The van der Waals surface area contributed by atoms with Crippen LogP contribution in [0, 0.1) is 0 Å². The molecule has 0 fully saturated rings. The van der Waals surface area contributed by atoms with Crippen molar-refractivity contribution in [1.29, 1.82) is 0 Å². The fourth-order valence-electron chi connectivity index (χ4n) is 7.68. The van der Waals surface area contributed by atoms with E-state index in [4.69, 9.17) is 10.1 Å². The van der Waals surface area contributed by atoms with Crippen molar-refractivity contribution in [3.05, 3.63) is 212 Å². The molecular formula is C52H35N3. The van der Waals surface area contributed by atoms with Gasteiger partial charge in [-0.1, -0.05) is 182 Å². The van der Waals surface area contributed by atoms with Gasteiger partial charge in [0.15, 0.2) is 0 Å². The summed E-state index contributed by atoms with van der Waals surface area (Å²) in [6.07, 6.45) is 0. The molecule has 0 bridgehead atoms. The first kappa shape index (κ1) is 32.3. The topological polar surface area (TPSA) is 30.7 Å². The average molecular weight is 702 g/mol. The lowest BCUT2D eigenvalue weighted by Gasteiger charge is -2.11. The minimum absolute atomic E-state index is 0.960. The van der Waals surface area contributed by atoms with Gasteiger partial charge in [0.05, 0.1) is 22.6 Å². The van der Waals surface area contributed by atoms with E-state index in [1.807, 2.05) is 12.1 Å². The SMILES string of the molecule is c1ccc(-c2cc(-c3ccc(-c4ccc(-c5nn(-c6ccccc6)c6c5c(-c5ccccc5)cc5ccccc56)cc4)cc3)cc(-c3ccccc3)n2)cc1. The maximum absolute atomic E-state index is 5.38. The zero-order valence-electron chi connectivity index (χ0n) is 30.0. The summed E-state index contributed by atoms with van der Waals surface area (Å²) in [5.41, 5.74) is 15.2. The summed E-state index contributed by atoms with van der Waals surface area (Å²) in [7, 11) is 0. The Morgan fingerprint density at radius 1 is 0.345 bits per heavy atom. The molecule has 0 saturated heterocycles. The summed E-state index contributed by atoms with van der Waals surface area (Å²) in [5.74, 6) is 0. The van der Waals surface area contributed by atoms with Gasteiger partial charge in [-0.05, 0) is 69.1 Å². The summed E-state index contributed by atoms with van der Waals surface area (Å²) >= 11 is 0. The Morgan fingerprint density at radius 3 is 1.36 bits per heavy atom. The number of pyridine rings is 1. The number of fused-ring (bicyclic) bond motifs is 3. The van der Waals surface area contributed by atoms with Crippen molar-refractivity contribution in [2.45, 2.75) is 0 Å². The van der Waals surface area contributed by atoms with Gasteiger partial charge < -0.3 is 0 Å². The molecule has 3 heteroatoms. The summed E-state index contributed by atoms with van der Waals surface area (Å²) in [5, 5.41) is 8.90. The van der Waals surface area contributed by atoms with E-state index >= 15 is 0 Å². The lowest BCUT2D eigenvalue weighted by Crippen LogP contribution is -1.96. The second kappa shape index (κ2) is 13.9. The van der Waals surface area contributed by atoms with Crippen molar-refractivity contribution in [2.75, 3.05) is 0 Å². The second-order valence-corrected chi connectivity index (χ2v) is 13.8. The molecule has 55 heavy (non-hydrogen) atoms. The third kappa shape index (κ3) is 6.08. The van der Waals surface area contributed by atoms with Crippen LogP contribution in [0.4, 0.5) is 0 Å². The van der Waals surface area contributed by atoms with Gasteiger partial charge in [0.2, 0.25) is 0 Å². The summed E-state index contributed by atoms with van der Waals surface area (Å²) < 4.78 is 2.12. The molecule has 0 radical (unpaired) electrons. The van der Waals surface area contributed by atoms with E-state index in [1.165, 1.54) is 21.9 Å². The van der Waals surface area contributed by atoms with Crippen LogP contribution < -0.4 is 0 Å². The first-order valence-corrected chi connectivity index (χ1v) is 18.7. The van der Waals surface area contributed by atoms with Gasteiger partial charge in [-0.3, -0.25) is 0 Å². The lowest BCUT2D eigenvalue weighted by atomic mass is 9.93. The molecule has 0 aliphatic carbocycles. The quantitative estimate of drug-likeness (QED) is 0.166. The van der Waals surface area contributed by atoms with Crippen molar-refractivity contribution in [2.24, 2.45) is 0 Å². The van der Waals surface area contributed by atoms with E-state index in [9.17, 15) is 0 Å². The van der Waals surface area contributed by atoms with Gasteiger partial charge in [0, 0.05) is 27.5 Å². The van der Waals surface area contributed by atoms with Crippen LogP contribution in [0.3, 0.4) is 0 Å². The minimum atomic E-state index is 0.960. The molecule has 0 saturated carbocycles. The zero-order chi connectivity index (χ0) is 36.6. The zero-order valence-corrected chi connectivity index (χ0v) is 30.0. The van der Waals surface area contributed by atoms with Crippen LogP contribution in [0.2, 0.25) is 0 Å². The van der Waals surface area contributed by atoms with Gasteiger partial charge in [-0.2, -0.15) is 5.10 Å². The number of benzene rings is 8. The largest absolute Gasteiger partial charge is 0.248 e. The molecular weight excluding hydrogens is 667 g/mol. The second-order valence-electron chi connectivity index (χ2n) is 13.8. The molecule has 0 spiro atoms. The smallest absolute Gasteiger partial charge is 0.101 e. The van der Waals surface area contributed by atoms with Gasteiger partial charge >= 0.3 is 0 Å². The maximum atomic E-state index is 5.38. The fourth-order valence-corrected chi connectivity index (χ4v) is 7.68. The highest BCUT2D eigenvalue weighted by Crippen LogP contribution is 2.42. The standard InChI is InChI=1S/C52H35N3/c1-5-15-39(16-6-1)47-33-43-21-13-14-24-46(43)52-50(47)51(54-55(52)45-22-11-4-12-23-45)42-31-29-37(30-32-42)36-25-27-38(28-26-36)44-34-48(40-17-7-2-8-18-40)53-49(35-44)41-19-9-3-10-20-41/h1-35H. The molecule has 258 valence electrons. The highest BCUT2D eigenvalue weighted by Gasteiger charge is 2.21. The first-order valence-electron chi connectivity index (χ1n) is 18.7. The third-order valence-electron chi connectivity index (χ3n) is 10.4. The van der Waals surface area contributed by atoms with E-state index < -0.39 is 0 Å². The molecule has 0 amide bonds. The molecule has 0 unspecified atom stereocenters. The average Bonchev–Trinajstić information content (AvgIpc) is 3.68. The number of nitrogens with zero attached hydrogens (tertiary/aromatic N) is 3. The van der Waals surface area contributed by atoms with Crippen molar-refractivity contribution in [1.82, 2.24) is 14.8 Å². The number of para-hydroxylation sites is 1. The normalized spacial score (nSPS) is 11.3. The number of hydrogen-bond donors (Lipinski definition) is 0. The van der Waals surface area contributed by atoms with Crippen LogP contribution in [0.5, 0.6) is 0 Å². The maximum Gasteiger partial charge on any atom is 0.101 e. The molecule has 0 aliphatic rings. The third-order valence-corrected chi connectivity index (χ3v) is 10.4. The molecule has 0 N–H and O–H groups in total. The molecule has 2 aromatic heterocycles. The van der Waals surface area contributed by atoms with Crippen molar-refractivity contribution in [3.63, 3.8) is 0 Å². The monoisotopic (exact) mass is 701 g/mol. The van der Waals surface area contributed by atoms with E-state index in [0.29, 0.717) is 0 Å². The molecule has 0 atom stereocenters. The minimum Gasteiger partial charge on any atom is -0.248 e. The van der Waals surface area contributed by atoms with Gasteiger partial charge in [0.1, 0.15) is 5.69 Å². The van der Waals surface area contributed by atoms with Gasteiger partial charge in [-0.15, -0.1) is 0 Å². The van der Waals surface area contributed by atoms with Gasteiger partial charge in [0.25, 0.3) is 0 Å². The molecule has 0 aliphatic heterocycles. The van der Waals surface area contributed by atoms with Crippen LogP contribution in [-0.2, 0) is 0 Å². The Bertz CT molecular complexity index is 2860. The Hall–Kier alpha value is -7.36. The van der Waals surface area contributed by atoms with Crippen molar-refractivity contribution in [3.8, 4) is 72.8 Å². The van der Waals surface area contributed by atoms with E-state index in [2.05, 4.69) is 205 Å². The molecule has 8 aromatic carbocycles. The Morgan fingerprint density at radius 2 is 0.800 bits per heavy atom. The van der Waals surface area contributed by atoms with Crippen molar-refractivity contribution < 1.29 is 0 Å². The first-order chi connectivity index (χ1) is 27.3. The lowest BCUT2D eigenvalue weighted by molar-refractivity contribution is 0.918. The predicted octanol–water partition coefficient (Wildman–Crippen LogP) is 13.6. The van der Waals surface area contributed by atoms with E-state index in [0.717, 1.165) is 72.6 Å². The van der Waals surface area contributed by atoms with Crippen molar-refractivity contribution >= 4 is 21.7 Å². The van der Waals surface area contributed by atoms with Crippen LogP contribution in [0.25, 0.3) is 94.5 Å². The molecule has 2 heterocycles. The molecule has 3 nitrogen and oxygen atoms in total. The highest BCUT2D eigenvalue weighted by atomic mass is 15.3. The van der Waals surface area contributed by atoms with Crippen LogP contribution in [0.15, 0.2) is 212 Å². The van der Waals surface area contributed by atoms with Crippen LogP contribution >= 0.6 is 0 Å². The van der Waals surface area contributed by atoms with Gasteiger partial charge in [-0.25, -0.2) is 9.67 Å². The predicted molar refractivity (Wildman–Crippen MR) is 229 cm³/mol. The number of rotatable bonds is 7. The number of hydrogen-bond acceptors (Lipinski definition) is 2. The highest BCUT2D eigenvalue weighted by molar-refractivity contribution is 6.17. The Balaban J connectivity index is 1.05. The Kier molecular flexibility index (Phi) is 8.16. The van der Waals surface area contributed by atoms with E-state index in [-0.39, 0.29) is 0 Å².